The van der Waals surface area contributed by atoms with Crippen molar-refractivity contribution in [3.63, 3.8) is 0 Å². The number of carbonyl (C=O) groups is 3. The molecule has 2 aliphatic rings. The summed E-state index contributed by atoms with van der Waals surface area (Å²) >= 11 is 1.17. The third-order valence-electron chi connectivity index (χ3n) is 6.50. The van der Waals surface area contributed by atoms with Gasteiger partial charge in [0.1, 0.15) is 11.3 Å². The van der Waals surface area contributed by atoms with E-state index in [0.29, 0.717) is 36.3 Å². The van der Waals surface area contributed by atoms with Crippen LogP contribution in [0.3, 0.4) is 0 Å². The number of hydrogen-bond acceptors (Lipinski definition) is 7. The standard InChI is InChI=1S/C24H26N6O4S/c1-16-9-11-24(12-10-16)21(32)30(22(33)25-24)28-19(31)15-35-23-27-26-20(17-6-3-2-4-7-17)29(23)14-18-8-5-13-34-18/h2-8,13,16H,9-12,14-15H2,1H3,(H,25,33)(H,28,31). The van der Waals surface area contributed by atoms with Crippen LogP contribution in [0.15, 0.2) is 58.3 Å². The summed E-state index contributed by atoms with van der Waals surface area (Å²) in [6.45, 7) is 2.53. The first-order valence-corrected chi connectivity index (χ1v) is 12.5. The van der Waals surface area contributed by atoms with Crippen molar-refractivity contribution in [2.24, 2.45) is 5.92 Å². The summed E-state index contributed by atoms with van der Waals surface area (Å²) in [4.78, 5) is 38.2. The zero-order chi connectivity index (χ0) is 24.4. The van der Waals surface area contributed by atoms with E-state index in [4.69, 9.17) is 4.42 Å². The van der Waals surface area contributed by atoms with Crippen molar-refractivity contribution in [3.8, 4) is 11.4 Å². The molecule has 3 aromatic rings. The molecule has 35 heavy (non-hydrogen) atoms. The second-order valence-corrected chi connectivity index (χ2v) is 9.94. The molecule has 0 radical (unpaired) electrons. The van der Waals surface area contributed by atoms with Crippen molar-refractivity contribution >= 4 is 29.6 Å². The van der Waals surface area contributed by atoms with Crippen molar-refractivity contribution in [1.29, 1.82) is 0 Å². The number of imide groups is 1. The lowest BCUT2D eigenvalue weighted by molar-refractivity contribution is -0.139. The molecule has 1 aliphatic carbocycles. The first-order chi connectivity index (χ1) is 16.9. The van der Waals surface area contributed by atoms with Gasteiger partial charge in [0.25, 0.3) is 5.91 Å². The van der Waals surface area contributed by atoms with Gasteiger partial charge in [0.05, 0.1) is 18.6 Å². The average molecular weight is 495 g/mol. The number of benzene rings is 1. The lowest BCUT2D eigenvalue weighted by atomic mass is 9.77. The first-order valence-electron chi connectivity index (χ1n) is 11.6. The van der Waals surface area contributed by atoms with Crippen molar-refractivity contribution in [3.05, 3.63) is 54.5 Å². The van der Waals surface area contributed by atoms with E-state index in [0.717, 1.165) is 29.2 Å². The predicted octanol–water partition coefficient (Wildman–Crippen LogP) is 3.21. The summed E-state index contributed by atoms with van der Waals surface area (Å²) in [6, 6.07) is 12.7. The highest BCUT2D eigenvalue weighted by molar-refractivity contribution is 7.99. The molecule has 3 heterocycles. The maximum absolute atomic E-state index is 13.0. The third kappa shape index (κ3) is 4.68. The highest BCUT2D eigenvalue weighted by Crippen LogP contribution is 2.36. The lowest BCUT2D eigenvalue weighted by Crippen LogP contribution is -2.51. The highest BCUT2D eigenvalue weighted by Gasteiger charge is 2.52. The third-order valence-corrected chi connectivity index (χ3v) is 7.47. The first kappa shape index (κ1) is 23.2. The van der Waals surface area contributed by atoms with Crippen molar-refractivity contribution in [2.45, 2.75) is 49.8 Å². The molecule has 1 spiro atoms. The van der Waals surface area contributed by atoms with Crippen LogP contribution in [0.5, 0.6) is 0 Å². The van der Waals surface area contributed by atoms with Crippen LogP contribution in [0.2, 0.25) is 0 Å². The number of thioether (sulfide) groups is 1. The Morgan fingerprint density at radius 2 is 1.94 bits per heavy atom. The van der Waals surface area contributed by atoms with E-state index >= 15 is 0 Å². The molecule has 182 valence electrons. The monoisotopic (exact) mass is 494 g/mol. The molecule has 2 fully saturated rings. The molecule has 2 aromatic heterocycles. The van der Waals surface area contributed by atoms with Crippen LogP contribution in [0, 0.1) is 5.92 Å². The van der Waals surface area contributed by atoms with Gasteiger partial charge in [0, 0.05) is 5.56 Å². The topological polar surface area (TPSA) is 122 Å². The van der Waals surface area contributed by atoms with Gasteiger partial charge in [-0.3, -0.25) is 19.6 Å². The quantitative estimate of drug-likeness (QED) is 0.382. The number of rotatable bonds is 7. The molecule has 0 atom stereocenters. The minimum absolute atomic E-state index is 0.0494. The Morgan fingerprint density at radius 1 is 1.17 bits per heavy atom. The van der Waals surface area contributed by atoms with Crippen LogP contribution < -0.4 is 10.7 Å². The van der Waals surface area contributed by atoms with E-state index < -0.39 is 17.5 Å². The number of nitrogens with one attached hydrogen (secondary N) is 2. The fraction of sp³-hybridized carbons (Fsp3) is 0.375. The van der Waals surface area contributed by atoms with Gasteiger partial charge in [-0.05, 0) is 43.7 Å². The van der Waals surface area contributed by atoms with E-state index in [1.165, 1.54) is 11.8 Å². The van der Waals surface area contributed by atoms with Gasteiger partial charge in [-0.2, -0.15) is 5.01 Å². The number of urea groups is 1. The summed E-state index contributed by atoms with van der Waals surface area (Å²) in [7, 11) is 0. The molecule has 1 aliphatic heterocycles. The molecule has 2 N–H and O–H groups in total. The molecule has 1 aromatic carbocycles. The number of aromatic nitrogens is 3. The van der Waals surface area contributed by atoms with Gasteiger partial charge in [0.15, 0.2) is 11.0 Å². The lowest BCUT2D eigenvalue weighted by Gasteiger charge is -2.33. The van der Waals surface area contributed by atoms with Gasteiger partial charge >= 0.3 is 6.03 Å². The van der Waals surface area contributed by atoms with Gasteiger partial charge < -0.3 is 9.73 Å². The van der Waals surface area contributed by atoms with Crippen LogP contribution in [0.1, 0.15) is 38.4 Å². The Kier molecular flexibility index (Phi) is 6.33. The van der Waals surface area contributed by atoms with Crippen molar-refractivity contribution in [2.75, 3.05) is 5.75 Å². The molecule has 0 unspecified atom stereocenters. The largest absolute Gasteiger partial charge is 0.467 e. The van der Waals surface area contributed by atoms with Crippen LogP contribution in [0.4, 0.5) is 4.79 Å². The minimum atomic E-state index is -0.905. The smallest absolute Gasteiger partial charge is 0.344 e. The summed E-state index contributed by atoms with van der Waals surface area (Å²) in [5, 5.41) is 12.7. The summed E-state index contributed by atoms with van der Waals surface area (Å²) in [5.74, 6) is 0.970. The zero-order valence-corrected chi connectivity index (χ0v) is 20.1. The number of hydrazine groups is 1. The number of nitrogens with zero attached hydrogens (tertiary/aromatic N) is 4. The molecular formula is C24H26N6O4S. The van der Waals surface area contributed by atoms with Gasteiger partial charge in [-0.15, -0.1) is 10.2 Å². The Hall–Kier alpha value is -3.60. The highest BCUT2D eigenvalue weighted by atomic mass is 32.2. The maximum Gasteiger partial charge on any atom is 0.344 e. The average Bonchev–Trinajstić information content (AvgIpc) is 3.57. The van der Waals surface area contributed by atoms with E-state index in [1.807, 2.05) is 41.0 Å². The van der Waals surface area contributed by atoms with E-state index in [1.54, 1.807) is 12.3 Å². The maximum atomic E-state index is 13.0. The number of amides is 4. The SMILES string of the molecule is CC1CCC2(CC1)NC(=O)N(NC(=O)CSc1nnc(-c3ccccc3)n1Cc1ccco1)C2=O. The molecule has 1 saturated heterocycles. The molecule has 1 saturated carbocycles. The normalized spacial score (nSPS) is 22.0. The van der Waals surface area contributed by atoms with Crippen molar-refractivity contribution in [1.82, 2.24) is 30.5 Å². The van der Waals surface area contributed by atoms with Gasteiger partial charge in [-0.1, -0.05) is 49.0 Å². The van der Waals surface area contributed by atoms with E-state index in [-0.39, 0.29) is 11.7 Å². The van der Waals surface area contributed by atoms with Gasteiger partial charge in [-0.25, -0.2) is 4.79 Å². The number of hydrogen-bond donors (Lipinski definition) is 2. The van der Waals surface area contributed by atoms with Crippen LogP contribution in [-0.4, -0.2) is 48.9 Å². The predicted molar refractivity (Wildman–Crippen MR) is 128 cm³/mol. The van der Waals surface area contributed by atoms with Crippen LogP contribution >= 0.6 is 11.8 Å². The summed E-state index contributed by atoms with van der Waals surface area (Å²) in [6.07, 6.45) is 4.48. The van der Waals surface area contributed by atoms with Gasteiger partial charge in [0.2, 0.25) is 5.91 Å². The molecular weight excluding hydrogens is 468 g/mol. The molecule has 10 nitrogen and oxygen atoms in total. The number of furan rings is 1. The summed E-state index contributed by atoms with van der Waals surface area (Å²) in [5.41, 5.74) is 2.45. The Balaban J connectivity index is 1.27. The molecule has 11 heteroatoms. The van der Waals surface area contributed by atoms with Crippen LogP contribution in [0.25, 0.3) is 11.4 Å². The Labute approximate surface area is 206 Å². The molecule has 0 bridgehead atoms. The van der Waals surface area contributed by atoms with Crippen LogP contribution in [-0.2, 0) is 16.1 Å². The molecule has 4 amide bonds. The van der Waals surface area contributed by atoms with E-state index in [2.05, 4.69) is 27.9 Å². The Bertz CT molecular complexity index is 1220. The van der Waals surface area contributed by atoms with E-state index in [9.17, 15) is 14.4 Å². The fourth-order valence-corrected chi connectivity index (χ4v) is 5.23. The second kappa shape index (κ2) is 9.57. The minimum Gasteiger partial charge on any atom is -0.467 e. The molecule has 5 rings (SSSR count). The van der Waals surface area contributed by atoms with Crippen molar-refractivity contribution < 1.29 is 18.8 Å². The zero-order valence-electron chi connectivity index (χ0n) is 19.3. The fourth-order valence-electron chi connectivity index (χ4n) is 4.50. The summed E-state index contributed by atoms with van der Waals surface area (Å²) < 4.78 is 7.37. The Morgan fingerprint density at radius 3 is 2.66 bits per heavy atom. The number of carbonyl (C=O) groups excluding carboxylic acids is 3. The second-order valence-electron chi connectivity index (χ2n) is 9.00.